The van der Waals surface area contributed by atoms with Gasteiger partial charge in [-0.1, -0.05) is 25.4 Å². The van der Waals surface area contributed by atoms with E-state index in [1.807, 2.05) is 5.43 Å². The summed E-state index contributed by atoms with van der Waals surface area (Å²) < 4.78 is 18.6. The van der Waals surface area contributed by atoms with Crippen molar-refractivity contribution in [2.75, 3.05) is 0 Å². The number of benzene rings is 1. The van der Waals surface area contributed by atoms with Crippen molar-refractivity contribution in [3.8, 4) is 5.75 Å². The fourth-order valence-electron chi connectivity index (χ4n) is 1.27. The fourth-order valence-corrected chi connectivity index (χ4v) is 1.39. The van der Waals surface area contributed by atoms with Crippen LogP contribution in [-0.4, -0.2) is 12.0 Å². The molecule has 0 bridgehead atoms. The lowest BCUT2D eigenvalue weighted by atomic mass is 10.1. The Morgan fingerprint density at radius 3 is 2.65 bits per heavy atom. The van der Waals surface area contributed by atoms with Crippen LogP contribution in [0, 0.1) is 11.7 Å². The van der Waals surface area contributed by atoms with E-state index in [1.165, 1.54) is 12.1 Å². The number of nitrogens with two attached hydrogens (primary N) is 1. The van der Waals surface area contributed by atoms with Gasteiger partial charge in [-0.15, -0.1) is 0 Å². The molecule has 4 nitrogen and oxygen atoms in total. The first-order chi connectivity index (χ1) is 7.95. The van der Waals surface area contributed by atoms with Gasteiger partial charge in [0, 0.05) is 6.07 Å². The van der Waals surface area contributed by atoms with Crippen molar-refractivity contribution in [3.63, 3.8) is 0 Å². The summed E-state index contributed by atoms with van der Waals surface area (Å²) >= 11 is 5.54. The van der Waals surface area contributed by atoms with Gasteiger partial charge in [-0.25, -0.2) is 10.2 Å². The molecule has 0 fully saturated rings. The molecule has 1 aromatic rings. The Balaban J connectivity index is 2.86. The molecule has 1 unspecified atom stereocenters. The zero-order valence-electron chi connectivity index (χ0n) is 9.54. The average molecular weight is 261 g/mol. The molecule has 3 N–H and O–H groups in total. The molecule has 6 heteroatoms. The molecule has 0 aromatic heterocycles. The van der Waals surface area contributed by atoms with Crippen molar-refractivity contribution in [2.24, 2.45) is 11.8 Å². The molecule has 1 rings (SSSR count). The summed E-state index contributed by atoms with van der Waals surface area (Å²) in [5.74, 6) is 4.11. The predicted molar refractivity (Wildman–Crippen MR) is 63.0 cm³/mol. The molecule has 0 aliphatic rings. The van der Waals surface area contributed by atoms with E-state index in [1.54, 1.807) is 13.8 Å². The van der Waals surface area contributed by atoms with E-state index in [-0.39, 0.29) is 16.7 Å². The lowest BCUT2D eigenvalue weighted by Gasteiger charge is -2.20. The van der Waals surface area contributed by atoms with Crippen LogP contribution in [0.15, 0.2) is 18.2 Å². The topological polar surface area (TPSA) is 64.3 Å². The summed E-state index contributed by atoms with van der Waals surface area (Å²) in [5, 5.41) is 0.00160. The third kappa shape index (κ3) is 3.57. The second-order valence-corrected chi connectivity index (χ2v) is 4.27. The summed E-state index contributed by atoms with van der Waals surface area (Å²) in [6.07, 6.45) is -0.777. The number of rotatable bonds is 4. The van der Waals surface area contributed by atoms with E-state index < -0.39 is 17.8 Å². The number of ether oxygens (including phenoxy) is 1. The Bertz CT molecular complexity index is 412. The quantitative estimate of drug-likeness (QED) is 0.494. The van der Waals surface area contributed by atoms with Gasteiger partial charge in [-0.2, -0.15) is 0 Å². The Labute approximate surface area is 104 Å². The molecule has 0 saturated heterocycles. The van der Waals surface area contributed by atoms with Gasteiger partial charge in [-0.3, -0.25) is 10.2 Å². The molecule has 0 aliphatic carbocycles. The van der Waals surface area contributed by atoms with Crippen LogP contribution in [0.5, 0.6) is 5.75 Å². The minimum Gasteiger partial charge on any atom is -0.480 e. The van der Waals surface area contributed by atoms with Crippen molar-refractivity contribution in [2.45, 2.75) is 20.0 Å². The zero-order valence-corrected chi connectivity index (χ0v) is 10.3. The number of hydrogen-bond acceptors (Lipinski definition) is 3. The van der Waals surface area contributed by atoms with E-state index >= 15 is 0 Å². The highest BCUT2D eigenvalue weighted by Crippen LogP contribution is 2.22. The van der Waals surface area contributed by atoms with Gasteiger partial charge in [0.2, 0.25) is 0 Å². The predicted octanol–water partition coefficient (Wildman–Crippen LogP) is 1.87. The third-order valence-corrected chi connectivity index (χ3v) is 2.47. The lowest BCUT2D eigenvalue weighted by molar-refractivity contribution is -0.129. The van der Waals surface area contributed by atoms with Crippen LogP contribution in [0.2, 0.25) is 5.02 Å². The molecule has 1 aromatic carbocycles. The van der Waals surface area contributed by atoms with E-state index in [9.17, 15) is 9.18 Å². The summed E-state index contributed by atoms with van der Waals surface area (Å²) in [5.41, 5.74) is 2.01. The van der Waals surface area contributed by atoms with Crippen LogP contribution in [-0.2, 0) is 4.79 Å². The molecule has 0 saturated carbocycles. The smallest absolute Gasteiger partial charge is 0.275 e. The van der Waals surface area contributed by atoms with Crippen molar-refractivity contribution in [1.29, 1.82) is 0 Å². The summed E-state index contributed by atoms with van der Waals surface area (Å²) in [7, 11) is 0. The molecule has 17 heavy (non-hydrogen) atoms. The molecule has 0 aliphatic heterocycles. The Morgan fingerprint density at radius 1 is 1.53 bits per heavy atom. The van der Waals surface area contributed by atoms with Crippen molar-refractivity contribution in [1.82, 2.24) is 5.43 Å². The Hall–Kier alpha value is -1.33. The van der Waals surface area contributed by atoms with E-state index in [4.69, 9.17) is 22.2 Å². The van der Waals surface area contributed by atoms with Crippen LogP contribution in [0.3, 0.4) is 0 Å². The highest BCUT2D eigenvalue weighted by Gasteiger charge is 2.23. The molecular formula is C11H14ClFN2O2. The first-order valence-electron chi connectivity index (χ1n) is 5.08. The maximum Gasteiger partial charge on any atom is 0.275 e. The number of hydrogen-bond donors (Lipinski definition) is 2. The zero-order chi connectivity index (χ0) is 13.0. The van der Waals surface area contributed by atoms with Crippen LogP contribution < -0.4 is 16.0 Å². The average Bonchev–Trinajstić information content (AvgIpc) is 2.29. The molecule has 94 valence electrons. The summed E-state index contributed by atoms with van der Waals surface area (Å²) in [4.78, 5) is 11.4. The van der Waals surface area contributed by atoms with Crippen molar-refractivity contribution in [3.05, 3.63) is 29.0 Å². The van der Waals surface area contributed by atoms with Gasteiger partial charge in [0.25, 0.3) is 5.91 Å². The van der Waals surface area contributed by atoms with Gasteiger partial charge in [0.15, 0.2) is 6.10 Å². The van der Waals surface area contributed by atoms with Crippen LogP contribution in [0.4, 0.5) is 4.39 Å². The number of amides is 1. The highest BCUT2D eigenvalue weighted by atomic mass is 35.5. The maximum atomic E-state index is 13.2. The largest absolute Gasteiger partial charge is 0.480 e. The summed E-state index contributed by atoms with van der Waals surface area (Å²) in [6.45, 7) is 3.60. The normalized spacial score (nSPS) is 12.4. The molecular weight excluding hydrogens is 247 g/mol. The number of carbonyl (C=O) groups excluding carboxylic acids is 1. The monoisotopic (exact) mass is 260 g/mol. The molecule has 0 spiro atoms. The number of nitrogens with one attached hydrogen (secondary N) is 1. The van der Waals surface area contributed by atoms with Gasteiger partial charge >= 0.3 is 0 Å². The molecule has 1 amide bonds. The molecule has 1 atom stereocenters. The summed E-state index contributed by atoms with van der Waals surface area (Å²) in [6, 6.07) is 3.98. The van der Waals surface area contributed by atoms with Gasteiger partial charge in [-0.05, 0) is 18.1 Å². The van der Waals surface area contributed by atoms with Gasteiger partial charge in [0.1, 0.15) is 11.6 Å². The molecule has 0 radical (unpaired) electrons. The lowest BCUT2D eigenvalue weighted by Crippen LogP contribution is -2.44. The second-order valence-electron chi connectivity index (χ2n) is 3.87. The third-order valence-electron chi connectivity index (χ3n) is 2.16. The van der Waals surface area contributed by atoms with E-state index in [2.05, 4.69) is 0 Å². The van der Waals surface area contributed by atoms with Crippen LogP contribution >= 0.6 is 11.6 Å². The maximum absolute atomic E-state index is 13.2. The minimum absolute atomic E-state index is 0.00160. The molecule has 0 heterocycles. The van der Waals surface area contributed by atoms with Crippen LogP contribution in [0.1, 0.15) is 13.8 Å². The van der Waals surface area contributed by atoms with Crippen molar-refractivity contribution >= 4 is 17.5 Å². The highest BCUT2D eigenvalue weighted by molar-refractivity contribution is 6.30. The van der Waals surface area contributed by atoms with E-state index in [0.717, 1.165) is 6.07 Å². The van der Waals surface area contributed by atoms with Gasteiger partial charge in [0.05, 0.1) is 5.02 Å². The number of hydrazine groups is 1. The van der Waals surface area contributed by atoms with Crippen molar-refractivity contribution < 1.29 is 13.9 Å². The standard InChI is InChI=1S/C11H14ClFN2O2/c1-6(2)10(11(16)15-14)17-7-3-4-8(12)9(13)5-7/h3-6,10H,14H2,1-2H3,(H,15,16). The van der Waals surface area contributed by atoms with Gasteiger partial charge < -0.3 is 4.74 Å². The Morgan fingerprint density at radius 2 is 2.18 bits per heavy atom. The first-order valence-corrected chi connectivity index (χ1v) is 5.45. The SMILES string of the molecule is CC(C)C(Oc1ccc(Cl)c(F)c1)C(=O)NN. The number of halogens is 2. The Kier molecular flexibility index (Phi) is 4.72. The minimum atomic E-state index is -0.777. The van der Waals surface area contributed by atoms with Crippen LogP contribution in [0.25, 0.3) is 0 Å². The number of carbonyl (C=O) groups is 1. The van der Waals surface area contributed by atoms with E-state index in [0.29, 0.717) is 0 Å². The first kappa shape index (κ1) is 13.7. The fraction of sp³-hybridized carbons (Fsp3) is 0.364. The second kappa shape index (κ2) is 5.84.